The summed E-state index contributed by atoms with van der Waals surface area (Å²) in [5.41, 5.74) is 1.69. The highest BCUT2D eigenvalue weighted by atomic mass is 35.5. The minimum Gasteiger partial charge on any atom is -0.494 e. The number of hydrogen-bond donors (Lipinski definition) is 1. The number of ether oxygens (including phenoxy) is 1. The fourth-order valence-corrected chi connectivity index (χ4v) is 3.12. The largest absolute Gasteiger partial charge is 0.494 e. The molecular formula is C17H19ClN2O2. The molecule has 22 heavy (non-hydrogen) atoms. The lowest BCUT2D eigenvalue weighted by molar-refractivity contribution is 0.0730. The summed E-state index contributed by atoms with van der Waals surface area (Å²) in [6.07, 6.45) is 3.63. The molecule has 1 aromatic carbocycles. The normalized spacial score (nSPS) is 17.7. The van der Waals surface area contributed by atoms with E-state index in [-0.39, 0.29) is 11.9 Å². The van der Waals surface area contributed by atoms with Gasteiger partial charge in [0.15, 0.2) is 0 Å². The van der Waals surface area contributed by atoms with Crippen LogP contribution in [0.1, 0.15) is 41.9 Å². The first-order valence-corrected chi connectivity index (χ1v) is 7.94. The number of carbonyl (C=O) groups is 1. The molecule has 3 rings (SSSR count). The van der Waals surface area contributed by atoms with E-state index in [0.717, 1.165) is 30.7 Å². The van der Waals surface area contributed by atoms with Crippen LogP contribution in [0.4, 0.5) is 0 Å². The average Bonchev–Trinajstić information content (AvgIpc) is 3.16. The fourth-order valence-electron chi connectivity index (χ4n) is 2.96. The van der Waals surface area contributed by atoms with Crippen molar-refractivity contribution in [2.75, 3.05) is 13.2 Å². The standard InChI is InChI=1S/C17H19ClN2O2/c1-2-22-14-7-5-12(6-8-14)16-4-3-9-20(16)17(21)15-10-13(18)11-19-15/h5-8,10-11,16,19H,2-4,9H2,1H3. The number of rotatable bonds is 4. The Morgan fingerprint density at radius 2 is 2.18 bits per heavy atom. The van der Waals surface area contributed by atoms with E-state index in [2.05, 4.69) is 4.98 Å². The molecule has 116 valence electrons. The summed E-state index contributed by atoms with van der Waals surface area (Å²) in [5.74, 6) is 0.863. The SMILES string of the molecule is CCOc1ccc(C2CCCN2C(=O)c2cc(Cl)c[nH]2)cc1. The average molecular weight is 319 g/mol. The molecule has 1 N–H and O–H groups in total. The second-order valence-electron chi connectivity index (χ2n) is 5.39. The topological polar surface area (TPSA) is 45.3 Å². The summed E-state index contributed by atoms with van der Waals surface area (Å²) < 4.78 is 5.47. The van der Waals surface area contributed by atoms with Crippen LogP contribution in [0.5, 0.6) is 5.75 Å². The van der Waals surface area contributed by atoms with Gasteiger partial charge in [-0.15, -0.1) is 0 Å². The molecule has 0 bridgehead atoms. The Morgan fingerprint density at radius 1 is 1.41 bits per heavy atom. The molecule has 0 saturated carbocycles. The number of nitrogens with zero attached hydrogens (tertiary/aromatic N) is 1. The summed E-state index contributed by atoms with van der Waals surface area (Å²) in [5, 5.41) is 0.556. The van der Waals surface area contributed by atoms with Gasteiger partial charge in [-0.05, 0) is 43.5 Å². The van der Waals surface area contributed by atoms with Crippen LogP contribution in [0, 0.1) is 0 Å². The Balaban J connectivity index is 1.79. The summed E-state index contributed by atoms with van der Waals surface area (Å²) in [6, 6.07) is 9.81. The molecule has 1 aliphatic heterocycles. The third-order valence-corrected chi connectivity index (χ3v) is 4.19. The second kappa shape index (κ2) is 6.44. The van der Waals surface area contributed by atoms with Gasteiger partial charge < -0.3 is 14.6 Å². The number of hydrogen-bond acceptors (Lipinski definition) is 2. The monoisotopic (exact) mass is 318 g/mol. The van der Waals surface area contributed by atoms with E-state index in [4.69, 9.17) is 16.3 Å². The Hall–Kier alpha value is -1.94. The molecular weight excluding hydrogens is 300 g/mol. The first kappa shape index (κ1) is 15.0. The number of carbonyl (C=O) groups excluding carboxylic acids is 1. The molecule has 0 spiro atoms. The first-order chi connectivity index (χ1) is 10.7. The molecule has 5 heteroatoms. The number of benzene rings is 1. The molecule has 1 fully saturated rings. The smallest absolute Gasteiger partial charge is 0.270 e. The van der Waals surface area contributed by atoms with Crippen LogP contribution < -0.4 is 4.74 Å². The van der Waals surface area contributed by atoms with Crippen molar-refractivity contribution in [3.05, 3.63) is 52.8 Å². The Kier molecular flexibility index (Phi) is 4.39. The first-order valence-electron chi connectivity index (χ1n) is 7.56. The molecule has 2 aromatic rings. The van der Waals surface area contributed by atoms with Gasteiger partial charge in [0.25, 0.3) is 5.91 Å². The zero-order chi connectivity index (χ0) is 15.5. The molecule has 0 radical (unpaired) electrons. The maximum atomic E-state index is 12.6. The highest BCUT2D eigenvalue weighted by Gasteiger charge is 2.31. The van der Waals surface area contributed by atoms with Crippen LogP contribution in [0.2, 0.25) is 5.02 Å². The van der Waals surface area contributed by atoms with E-state index < -0.39 is 0 Å². The summed E-state index contributed by atoms with van der Waals surface area (Å²) in [4.78, 5) is 17.5. The van der Waals surface area contributed by atoms with Crippen LogP contribution in [0.15, 0.2) is 36.5 Å². The van der Waals surface area contributed by atoms with E-state index in [1.165, 1.54) is 0 Å². The van der Waals surface area contributed by atoms with Gasteiger partial charge in [-0.2, -0.15) is 0 Å². The highest BCUT2D eigenvalue weighted by Crippen LogP contribution is 2.34. The molecule has 1 aromatic heterocycles. The van der Waals surface area contributed by atoms with Crippen LogP contribution in [-0.2, 0) is 0 Å². The molecule has 2 heterocycles. The highest BCUT2D eigenvalue weighted by molar-refractivity contribution is 6.30. The van der Waals surface area contributed by atoms with E-state index in [1.54, 1.807) is 12.3 Å². The van der Waals surface area contributed by atoms with Gasteiger partial charge >= 0.3 is 0 Å². The zero-order valence-electron chi connectivity index (χ0n) is 12.5. The molecule has 4 nitrogen and oxygen atoms in total. The van der Waals surface area contributed by atoms with Gasteiger partial charge in [0, 0.05) is 12.7 Å². The van der Waals surface area contributed by atoms with Gasteiger partial charge in [0.1, 0.15) is 11.4 Å². The van der Waals surface area contributed by atoms with Gasteiger partial charge in [-0.1, -0.05) is 23.7 Å². The third kappa shape index (κ3) is 2.97. The van der Waals surface area contributed by atoms with Crippen molar-refractivity contribution in [3.8, 4) is 5.75 Å². The fraction of sp³-hybridized carbons (Fsp3) is 0.353. The van der Waals surface area contributed by atoms with E-state index in [0.29, 0.717) is 17.3 Å². The Labute approximate surface area is 135 Å². The maximum Gasteiger partial charge on any atom is 0.270 e. The predicted molar refractivity (Wildman–Crippen MR) is 86.4 cm³/mol. The number of aromatic nitrogens is 1. The lowest BCUT2D eigenvalue weighted by atomic mass is 10.0. The third-order valence-electron chi connectivity index (χ3n) is 3.97. The number of aromatic amines is 1. The molecule has 1 unspecified atom stereocenters. The van der Waals surface area contributed by atoms with E-state index in [9.17, 15) is 4.79 Å². The minimum absolute atomic E-state index is 0.00304. The summed E-state index contributed by atoms with van der Waals surface area (Å²) in [6.45, 7) is 3.39. The number of H-pyrrole nitrogens is 1. The number of halogens is 1. The van der Waals surface area contributed by atoms with Gasteiger partial charge in [-0.3, -0.25) is 4.79 Å². The van der Waals surface area contributed by atoms with Gasteiger partial charge in [-0.25, -0.2) is 0 Å². The van der Waals surface area contributed by atoms with Crippen molar-refractivity contribution >= 4 is 17.5 Å². The van der Waals surface area contributed by atoms with Crippen molar-refractivity contribution in [2.24, 2.45) is 0 Å². The summed E-state index contributed by atoms with van der Waals surface area (Å²) >= 11 is 5.90. The number of nitrogens with one attached hydrogen (secondary N) is 1. The van der Waals surface area contributed by atoms with Crippen LogP contribution in [0.3, 0.4) is 0 Å². The number of likely N-dealkylation sites (tertiary alicyclic amines) is 1. The van der Waals surface area contributed by atoms with Crippen molar-refractivity contribution < 1.29 is 9.53 Å². The molecule has 0 aliphatic carbocycles. The molecule has 1 amide bonds. The predicted octanol–water partition coefficient (Wildman–Crippen LogP) is 4.04. The van der Waals surface area contributed by atoms with E-state index >= 15 is 0 Å². The van der Waals surface area contributed by atoms with Crippen molar-refractivity contribution in [1.29, 1.82) is 0 Å². The zero-order valence-corrected chi connectivity index (χ0v) is 13.3. The maximum absolute atomic E-state index is 12.6. The van der Waals surface area contributed by atoms with Crippen molar-refractivity contribution in [1.82, 2.24) is 9.88 Å². The minimum atomic E-state index is 0.00304. The number of amides is 1. The van der Waals surface area contributed by atoms with Crippen LogP contribution in [0.25, 0.3) is 0 Å². The molecule has 1 aliphatic rings. The van der Waals surface area contributed by atoms with Gasteiger partial charge in [0.05, 0.1) is 17.7 Å². The van der Waals surface area contributed by atoms with Crippen LogP contribution in [-0.4, -0.2) is 28.9 Å². The van der Waals surface area contributed by atoms with Crippen LogP contribution >= 0.6 is 11.6 Å². The van der Waals surface area contributed by atoms with Gasteiger partial charge in [0.2, 0.25) is 0 Å². The Morgan fingerprint density at radius 3 is 2.82 bits per heavy atom. The van der Waals surface area contributed by atoms with E-state index in [1.807, 2.05) is 36.1 Å². The van der Waals surface area contributed by atoms with Crippen molar-refractivity contribution in [3.63, 3.8) is 0 Å². The Bertz CT molecular complexity index is 651. The molecule has 1 saturated heterocycles. The van der Waals surface area contributed by atoms with Crippen molar-refractivity contribution in [2.45, 2.75) is 25.8 Å². The molecule has 1 atom stereocenters. The lowest BCUT2D eigenvalue weighted by Gasteiger charge is -2.24. The second-order valence-corrected chi connectivity index (χ2v) is 5.83. The quantitative estimate of drug-likeness (QED) is 0.924. The lowest BCUT2D eigenvalue weighted by Crippen LogP contribution is -2.30. The summed E-state index contributed by atoms with van der Waals surface area (Å²) in [7, 11) is 0.